The summed E-state index contributed by atoms with van der Waals surface area (Å²) in [5.74, 6) is -0.800. The van der Waals surface area contributed by atoms with Crippen molar-refractivity contribution in [3.8, 4) is 17.2 Å². The van der Waals surface area contributed by atoms with Crippen LogP contribution < -0.4 is 9.47 Å². The van der Waals surface area contributed by atoms with Crippen molar-refractivity contribution >= 4 is 17.4 Å². The van der Waals surface area contributed by atoms with Crippen molar-refractivity contribution in [2.24, 2.45) is 0 Å². The van der Waals surface area contributed by atoms with Crippen LogP contribution in [0.4, 0.5) is 0 Å². The number of amides is 1. The van der Waals surface area contributed by atoms with Gasteiger partial charge in [-0.1, -0.05) is 18.2 Å². The summed E-state index contributed by atoms with van der Waals surface area (Å²) in [5, 5.41) is 20.9. The van der Waals surface area contributed by atoms with Gasteiger partial charge in [0.15, 0.2) is 11.5 Å². The molecule has 2 N–H and O–H groups in total. The predicted molar refractivity (Wildman–Crippen MR) is 118 cm³/mol. The molecule has 1 aromatic heterocycles. The third kappa shape index (κ3) is 3.76. The molecule has 0 aliphatic carbocycles. The van der Waals surface area contributed by atoms with Crippen LogP contribution in [-0.2, 0) is 16.1 Å². The van der Waals surface area contributed by atoms with E-state index in [9.17, 15) is 19.8 Å². The maximum absolute atomic E-state index is 13.1. The van der Waals surface area contributed by atoms with Crippen LogP contribution in [0.3, 0.4) is 0 Å². The molecule has 0 saturated carbocycles. The highest BCUT2D eigenvalue weighted by molar-refractivity contribution is 6.46. The number of nitrogens with zero attached hydrogens (tertiary/aromatic N) is 2. The van der Waals surface area contributed by atoms with Gasteiger partial charge in [-0.15, -0.1) is 0 Å². The molecule has 1 saturated heterocycles. The summed E-state index contributed by atoms with van der Waals surface area (Å²) >= 11 is 0. The molecular weight excluding hydrogens is 424 g/mol. The molecule has 2 aliphatic rings. The van der Waals surface area contributed by atoms with Crippen LogP contribution in [0.25, 0.3) is 5.76 Å². The van der Waals surface area contributed by atoms with Gasteiger partial charge in [-0.05, 0) is 48.0 Å². The Labute approximate surface area is 189 Å². The minimum Gasteiger partial charge on any atom is -0.508 e. The van der Waals surface area contributed by atoms with Crippen LogP contribution in [0.5, 0.6) is 17.2 Å². The third-order valence-corrected chi connectivity index (χ3v) is 5.62. The smallest absolute Gasteiger partial charge is 0.296 e. The Morgan fingerprint density at radius 3 is 2.48 bits per heavy atom. The summed E-state index contributed by atoms with van der Waals surface area (Å²) in [7, 11) is 0. The number of ether oxygens (including phenoxy) is 2. The first kappa shape index (κ1) is 20.6. The molecule has 5 rings (SSSR count). The topological polar surface area (TPSA) is 109 Å². The molecular formula is C25H20N2O6. The van der Waals surface area contributed by atoms with Crippen LogP contribution in [0, 0.1) is 0 Å². The number of ketones is 1. The van der Waals surface area contributed by atoms with Gasteiger partial charge in [0.2, 0.25) is 0 Å². The van der Waals surface area contributed by atoms with E-state index in [1.807, 2.05) is 0 Å². The average molecular weight is 444 g/mol. The van der Waals surface area contributed by atoms with Crippen LogP contribution in [0.2, 0.25) is 0 Å². The van der Waals surface area contributed by atoms with Crippen molar-refractivity contribution in [3.05, 3.63) is 89.3 Å². The van der Waals surface area contributed by atoms with Gasteiger partial charge in [-0.3, -0.25) is 14.6 Å². The number of carbonyl (C=O) groups is 2. The van der Waals surface area contributed by atoms with Gasteiger partial charge in [-0.25, -0.2) is 0 Å². The lowest BCUT2D eigenvalue weighted by Gasteiger charge is -2.25. The zero-order chi connectivity index (χ0) is 22.9. The monoisotopic (exact) mass is 444 g/mol. The number of aliphatic hydroxyl groups excluding tert-OH is 1. The van der Waals surface area contributed by atoms with Crippen LogP contribution in [-0.4, -0.2) is 45.0 Å². The Hall–Kier alpha value is -4.33. The molecule has 0 bridgehead atoms. The van der Waals surface area contributed by atoms with Gasteiger partial charge in [-0.2, -0.15) is 0 Å². The van der Waals surface area contributed by atoms with Gasteiger partial charge in [0.25, 0.3) is 11.7 Å². The Bertz CT molecular complexity index is 1250. The van der Waals surface area contributed by atoms with E-state index in [0.29, 0.717) is 41.5 Å². The summed E-state index contributed by atoms with van der Waals surface area (Å²) in [6.45, 7) is 0.881. The number of hydrogen-bond acceptors (Lipinski definition) is 7. The number of fused-ring (bicyclic) bond motifs is 1. The largest absolute Gasteiger partial charge is 0.508 e. The second-order valence-electron chi connectivity index (χ2n) is 7.70. The highest BCUT2D eigenvalue weighted by atomic mass is 16.6. The molecule has 166 valence electrons. The molecule has 0 radical (unpaired) electrons. The Balaban J connectivity index is 1.63. The van der Waals surface area contributed by atoms with Crippen molar-refractivity contribution in [3.63, 3.8) is 0 Å². The van der Waals surface area contributed by atoms with E-state index in [1.165, 1.54) is 17.0 Å². The quantitative estimate of drug-likeness (QED) is 0.361. The number of carbonyl (C=O) groups excluding carboxylic acids is 2. The molecule has 8 heteroatoms. The number of aliphatic hydroxyl groups is 1. The summed E-state index contributed by atoms with van der Waals surface area (Å²) in [6, 6.07) is 15.5. The molecule has 3 aromatic rings. The average Bonchev–Trinajstić information content (AvgIpc) is 3.09. The fourth-order valence-electron chi connectivity index (χ4n) is 4.06. The highest BCUT2D eigenvalue weighted by Gasteiger charge is 2.46. The first-order chi connectivity index (χ1) is 16.0. The summed E-state index contributed by atoms with van der Waals surface area (Å²) in [5.41, 5.74) is 1.46. The molecule has 2 aromatic carbocycles. The Morgan fingerprint density at radius 1 is 1.00 bits per heavy atom. The lowest BCUT2D eigenvalue weighted by atomic mass is 9.95. The Kier molecular flexibility index (Phi) is 5.18. The van der Waals surface area contributed by atoms with E-state index >= 15 is 0 Å². The normalized spacial score (nSPS) is 19.0. The van der Waals surface area contributed by atoms with Gasteiger partial charge < -0.3 is 24.6 Å². The standard InChI is InChI=1S/C25H20N2O6/c28-18-7-4-15(5-8-18)22-21(23(29)16-6-9-19-20(13-16)33-12-11-32-19)24(30)25(31)27(22)14-17-3-1-2-10-26-17/h1-10,13,22,28-29H,11-12,14H2/b23-21-. The number of aromatic hydroxyl groups is 1. The molecule has 33 heavy (non-hydrogen) atoms. The number of aromatic nitrogens is 1. The summed E-state index contributed by atoms with van der Waals surface area (Å²) < 4.78 is 11.1. The van der Waals surface area contributed by atoms with Crippen molar-refractivity contribution < 1.29 is 29.3 Å². The van der Waals surface area contributed by atoms with E-state index in [0.717, 1.165) is 0 Å². The molecule has 1 fully saturated rings. The zero-order valence-corrected chi connectivity index (χ0v) is 17.5. The van der Waals surface area contributed by atoms with Gasteiger partial charge in [0.1, 0.15) is 24.7 Å². The number of benzene rings is 2. The van der Waals surface area contributed by atoms with Gasteiger partial charge >= 0.3 is 0 Å². The maximum Gasteiger partial charge on any atom is 0.296 e. The van der Waals surface area contributed by atoms with Crippen LogP contribution >= 0.6 is 0 Å². The van der Waals surface area contributed by atoms with E-state index in [-0.39, 0.29) is 23.6 Å². The molecule has 2 aliphatic heterocycles. The van der Waals surface area contributed by atoms with Gasteiger partial charge in [0, 0.05) is 11.8 Å². The fraction of sp³-hybridized carbons (Fsp3) is 0.160. The number of Topliss-reactive ketones (excluding diaryl/α,β-unsaturated/α-hetero) is 1. The number of rotatable bonds is 4. The highest BCUT2D eigenvalue weighted by Crippen LogP contribution is 2.41. The molecule has 1 amide bonds. The minimum absolute atomic E-state index is 0.0432. The van der Waals surface area contributed by atoms with Crippen molar-refractivity contribution in [1.82, 2.24) is 9.88 Å². The zero-order valence-electron chi connectivity index (χ0n) is 17.5. The first-order valence-electron chi connectivity index (χ1n) is 10.4. The lowest BCUT2D eigenvalue weighted by Crippen LogP contribution is -2.29. The lowest BCUT2D eigenvalue weighted by molar-refractivity contribution is -0.140. The number of likely N-dealkylation sites (tertiary alicyclic amines) is 1. The SMILES string of the molecule is O=C1C(=O)N(Cc2ccccn2)C(c2ccc(O)cc2)/C1=C(/O)c1ccc2c(c1)OCCO2. The second kappa shape index (κ2) is 8.31. The number of phenols is 1. The Morgan fingerprint density at radius 2 is 1.76 bits per heavy atom. The van der Waals surface area contributed by atoms with E-state index < -0.39 is 17.7 Å². The summed E-state index contributed by atoms with van der Waals surface area (Å²) in [4.78, 5) is 31.8. The molecule has 0 spiro atoms. The molecule has 8 nitrogen and oxygen atoms in total. The molecule has 1 atom stereocenters. The van der Waals surface area contributed by atoms with E-state index in [4.69, 9.17) is 9.47 Å². The van der Waals surface area contributed by atoms with E-state index in [2.05, 4.69) is 4.98 Å². The molecule has 3 heterocycles. The van der Waals surface area contributed by atoms with Crippen LogP contribution in [0.15, 0.2) is 72.4 Å². The predicted octanol–water partition coefficient (Wildman–Crippen LogP) is 3.18. The number of phenolic OH excluding ortho intramolecular Hbond substituents is 1. The minimum atomic E-state index is -0.860. The number of hydrogen-bond donors (Lipinski definition) is 2. The molecule has 1 unspecified atom stereocenters. The van der Waals surface area contributed by atoms with Crippen molar-refractivity contribution in [2.45, 2.75) is 12.6 Å². The summed E-state index contributed by atoms with van der Waals surface area (Å²) in [6.07, 6.45) is 1.61. The first-order valence-corrected chi connectivity index (χ1v) is 10.4. The van der Waals surface area contributed by atoms with Crippen LogP contribution in [0.1, 0.15) is 22.9 Å². The van der Waals surface area contributed by atoms with Gasteiger partial charge in [0.05, 0.1) is 23.9 Å². The number of pyridine rings is 1. The maximum atomic E-state index is 13.1. The third-order valence-electron chi connectivity index (χ3n) is 5.62. The fourth-order valence-corrected chi connectivity index (χ4v) is 4.06. The second-order valence-corrected chi connectivity index (χ2v) is 7.70. The van der Waals surface area contributed by atoms with E-state index in [1.54, 1.807) is 54.7 Å². The van der Waals surface area contributed by atoms with Crippen molar-refractivity contribution in [2.75, 3.05) is 13.2 Å². The van der Waals surface area contributed by atoms with Crippen molar-refractivity contribution in [1.29, 1.82) is 0 Å².